The second-order valence-electron chi connectivity index (χ2n) is 10.3. The third-order valence-corrected chi connectivity index (χ3v) is 7.63. The summed E-state index contributed by atoms with van der Waals surface area (Å²) in [5.74, 6) is 2.74. The molecule has 1 aromatic heterocycles. The minimum atomic E-state index is -0.420. The lowest BCUT2D eigenvalue weighted by atomic mass is 10.00. The molecule has 7 heteroatoms. The monoisotopic (exact) mass is 557 g/mol. The van der Waals surface area contributed by atoms with Crippen molar-refractivity contribution >= 4 is 44.6 Å². The SMILES string of the molecule is C#CCCCN(CC)c1ccc(N=Nc2ccc([N+](=O)[O-])cc2)c(-c2ccc3c(c2)c2ccccc2n3CCCC)c1. The maximum absolute atomic E-state index is 11.1. The van der Waals surface area contributed by atoms with Crippen LogP contribution in [0.3, 0.4) is 0 Å². The number of anilines is 1. The zero-order valence-corrected chi connectivity index (χ0v) is 24.2. The Hall–Kier alpha value is -4.96. The minimum Gasteiger partial charge on any atom is -0.372 e. The summed E-state index contributed by atoms with van der Waals surface area (Å²) in [6.45, 7) is 7.07. The third kappa shape index (κ3) is 6.03. The molecule has 0 radical (unpaired) electrons. The Labute approximate surface area is 246 Å². The van der Waals surface area contributed by atoms with E-state index in [1.165, 1.54) is 33.9 Å². The van der Waals surface area contributed by atoms with E-state index in [1.54, 1.807) is 12.1 Å². The molecule has 0 saturated carbocycles. The van der Waals surface area contributed by atoms with Gasteiger partial charge in [-0.1, -0.05) is 37.6 Å². The molecule has 0 aliphatic carbocycles. The van der Waals surface area contributed by atoms with Gasteiger partial charge in [0.2, 0.25) is 0 Å². The Morgan fingerprint density at radius 2 is 1.69 bits per heavy atom. The van der Waals surface area contributed by atoms with Crippen LogP contribution < -0.4 is 4.90 Å². The average Bonchev–Trinajstić information content (AvgIpc) is 3.34. The maximum Gasteiger partial charge on any atom is 0.269 e. The molecule has 0 N–H and O–H groups in total. The number of rotatable bonds is 12. The Morgan fingerprint density at radius 3 is 2.43 bits per heavy atom. The predicted molar refractivity (Wildman–Crippen MR) is 173 cm³/mol. The first-order valence-electron chi connectivity index (χ1n) is 14.5. The summed E-state index contributed by atoms with van der Waals surface area (Å²) in [7, 11) is 0. The van der Waals surface area contributed by atoms with Crippen LogP contribution in [0.15, 0.2) is 95.2 Å². The third-order valence-electron chi connectivity index (χ3n) is 7.63. The van der Waals surface area contributed by atoms with E-state index >= 15 is 0 Å². The molecule has 0 unspecified atom stereocenters. The molecule has 0 aliphatic heterocycles. The molecule has 1 heterocycles. The molecule has 5 rings (SSSR count). The van der Waals surface area contributed by atoms with E-state index in [9.17, 15) is 10.1 Å². The number of nitrogens with zero attached hydrogens (tertiary/aromatic N) is 5. The van der Waals surface area contributed by atoms with Crippen LogP contribution in [-0.2, 0) is 6.54 Å². The highest BCUT2D eigenvalue weighted by atomic mass is 16.6. The highest BCUT2D eigenvalue weighted by molar-refractivity contribution is 6.09. The van der Waals surface area contributed by atoms with Crippen molar-refractivity contribution in [2.45, 2.75) is 46.1 Å². The molecule has 0 atom stereocenters. The molecule has 5 aromatic rings. The van der Waals surface area contributed by atoms with Crippen molar-refractivity contribution in [3.8, 4) is 23.5 Å². The number of hydrogen-bond acceptors (Lipinski definition) is 5. The predicted octanol–water partition coefficient (Wildman–Crippen LogP) is 9.82. The van der Waals surface area contributed by atoms with Crippen LogP contribution in [0.5, 0.6) is 0 Å². The molecule has 0 bridgehead atoms. The number of nitro benzene ring substituents is 1. The number of non-ortho nitro benzene ring substituents is 1. The van der Waals surface area contributed by atoms with E-state index in [1.807, 2.05) is 6.07 Å². The Morgan fingerprint density at radius 1 is 0.905 bits per heavy atom. The van der Waals surface area contributed by atoms with Gasteiger partial charge in [-0.2, -0.15) is 5.11 Å². The van der Waals surface area contributed by atoms with Crippen LogP contribution in [-0.4, -0.2) is 22.6 Å². The number of terminal acetylenes is 1. The van der Waals surface area contributed by atoms with Gasteiger partial charge in [0.15, 0.2) is 0 Å². The Bertz CT molecular complexity index is 1780. The van der Waals surface area contributed by atoms with Gasteiger partial charge >= 0.3 is 0 Å². The van der Waals surface area contributed by atoms with Crippen LogP contribution in [0.1, 0.15) is 39.5 Å². The van der Waals surface area contributed by atoms with Crippen molar-refractivity contribution in [2.75, 3.05) is 18.0 Å². The quantitative estimate of drug-likeness (QED) is 0.0503. The molecule has 212 valence electrons. The number of hydrogen-bond donors (Lipinski definition) is 0. The highest BCUT2D eigenvalue weighted by Gasteiger charge is 2.15. The zero-order chi connectivity index (χ0) is 29.5. The lowest BCUT2D eigenvalue weighted by molar-refractivity contribution is -0.384. The van der Waals surface area contributed by atoms with Crippen LogP contribution in [0.4, 0.5) is 22.7 Å². The Kier molecular flexibility index (Phi) is 8.93. The smallest absolute Gasteiger partial charge is 0.269 e. The second kappa shape index (κ2) is 13.1. The van der Waals surface area contributed by atoms with Crippen molar-refractivity contribution in [2.24, 2.45) is 10.2 Å². The van der Waals surface area contributed by atoms with Crippen LogP contribution in [0, 0.1) is 22.5 Å². The van der Waals surface area contributed by atoms with E-state index < -0.39 is 4.92 Å². The average molecular weight is 558 g/mol. The summed E-state index contributed by atoms with van der Waals surface area (Å²) in [6.07, 6.45) is 9.43. The first-order valence-corrected chi connectivity index (χ1v) is 14.5. The van der Waals surface area contributed by atoms with Crippen LogP contribution >= 0.6 is 0 Å². The molecule has 0 saturated heterocycles. The van der Waals surface area contributed by atoms with E-state index in [0.29, 0.717) is 5.69 Å². The molecule has 0 fully saturated rings. The van der Waals surface area contributed by atoms with E-state index in [4.69, 9.17) is 6.42 Å². The second-order valence-corrected chi connectivity index (χ2v) is 10.3. The van der Waals surface area contributed by atoms with Crippen molar-refractivity contribution in [1.82, 2.24) is 4.57 Å². The number of para-hydroxylation sites is 1. The number of aryl methyl sites for hydroxylation is 1. The van der Waals surface area contributed by atoms with Gasteiger partial charge in [0, 0.05) is 71.2 Å². The fourth-order valence-corrected chi connectivity index (χ4v) is 5.41. The molecular formula is C35H35N5O2. The summed E-state index contributed by atoms with van der Waals surface area (Å²) >= 11 is 0. The number of benzene rings is 4. The normalized spacial score (nSPS) is 11.4. The number of azo groups is 1. The summed E-state index contributed by atoms with van der Waals surface area (Å²) < 4.78 is 2.42. The molecule has 0 spiro atoms. The first-order chi connectivity index (χ1) is 20.5. The fourth-order valence-electron chi connectivity index (χ4n) is 5.41. The summed E-state index contributed by atoms with van der Waals surface area (Å²) in [4.78, 5) is 13.0. The van der Waals surface area contributed by atoms with Crippen molar-refractivity contribution < 1.29 is 4.92 Å². The van der Waals surface area contributed by atoms with Gasteiger partial charge in [-0.3, -0.25) is 10.1 Å². The zero-order valence-electron chi connectivity index (χ0n) is 24.2. The molecule has 4 aromatic carbocycles. The van der Waals surface area contributed by atoms with Gasteiger partial charge in [0.05, 0.1) is 16.3 Å². The standard InChI is InChI=1S/C35H35N5O2/c1-4-7-11-22-38(6-3)29-19-20-33(37-36-27-15-17-28(18-16-27)40(41)42)31(25-29)26-14-21-35-32(24-26)30-12-9-10-13-34(30)39(35)23-8-5-2/h1,9-10,12-21,24-25H,5-8,11,22-23H2,2-3H3. The maximum atomic E-state index is 11.1. The molecule has 0 amide bonds. The number of fused-ring (bicyclic) bond motifs is 3. The molecule has 0 aliphatic rings. The largest absolute Gasteiger partial charge is 0.372 e. The highest BCUT2D eigenvalue weighted by Crippen LogP contribution is 2.39. The summed E-state index contributed by atoms with van der Waals surface area (Å²) in [5, 5.41) is 22.6. The van der Waals surface area contributed by atoms with Gasteiger partial charge in [-0.15, -0.1) is 17.5 Å². The van der Waals surface area contributed by atoms with Crippen molar-refractivity contribution in [3.63, 3.8) is 0 Å². The lowest BCUT2D eigenvalue weighted by Gasteiger charge is -2.24. The summed E-state index contributed by atoms with van der Waals surface area (Å²) in [6, 6.07) is 27.6. The number of nitro groups is 1. The fraction of sp³-hybridized carbons (Fsp3) is 0.257. The van der Waals surface area contributed by atoms with Gasteiger partial charge in [0.1, 0.15) is 0 Å². The number of aromatic nitrogens is 1. The first kappa shape index (κ1) is 28.6. The summed E-state index contributed by atoms with van der Waals surface area (Å²) in [5.41, 5.74) is 6.90. The van der Waals surface area contributed by atoms with Crippen molar-refractivity contribution in [3.05, 3.63) is 95.0 Å². The minimum absolute atomic E-state index is 0.0230. The molecule has 42 heavy (non-hydrogen) atoms. The van der Waals surface area contributed by atoms with Gasteiger partial charge < -0.3 is 9.47 Å². The van der Waals surface area contributed by atoms with Crippen LogP contribution in [0.2, 0.25) is 0 Å². The number of unbranched alkanes of at least 4 members (excludes halogenated alkanes) is 2. The molecule has 7 nitrogen and oxygen atoms in total. The van der Waals surface area contributed by atoms with E-state index in [2.05, 4.69) is 94.1 Å². The Balaban J connectivity index is 1.61. The van der Waals surface area contributed by atoms with Crippen molar-refractivity contribution in [1.29, 1.82) is 0 Å². The van der Waals surface area contributed by atoms with E-state index in [0.717, 1.165) is 67.8 Å². The topological polar surface area (TPSA) is 76.0 Å². The lowest BCUT2D eigenvalue weighted by Crippen LogP contribution is -2.23. The van der Waals surface area contributed by atoms with E-state index in [-0.39, 0.29) is 5.69 Å². The van der Waals surface area contributed by atoms with Gasteiger partial charge in [-0.05, 0) is 73.9 Å². The van der Waals surface area contributed by atoms with Crippen LogP contribution in [0.25, 0.3) is 32.9 Å². The molecular weight excluding hydrogens is 522 g/mol. The van der Waals surface area contributed by atoms with Gasteiger partial charge in [0.25, 0.3) is 5.69 Å². The van der Waals surface area contributed by atoms with Gasteiger partial charge in [-0.25, -0.2) is 0 Å².